The Morgan fingerprint density at radius 2 is 0.457 bits per heavy atom. The van der Waals surface area contributed by atoms with Crippen molar-refractivity contribution in [1.29, 1.82) is 0 Å². The second-order valence-electron chi connectivity index (χ2n) is 55.7. The minimum Gasteiger partial charge on any atom is -0.0625 e. The van der Waals surface area contributed by atoms with Crippen molar-refractivity contribution in [2.45, 2.75) is 598 Å². The van der Waals surface area contributed by atoms with Gasteiger partial charge in [0.1, 0.15) is 0 Å². The van der Waals surface area contributed by atoms with E-state index in [1.54, 1.807) is 0 Å². The fraction of sp³-hybridized carbons (Fsp3) is 1.00. The Morgan fingerprint density at radius 3 is 0.716 bits per heavy atom. The Bertz CT molecular complexity index is 2600. The first-order chi connectivity index (χ1) is 54.5. The number of hydrogen-bond donors (Lipinski definition) is 0. The summed E-state index contributed by atoms with van der Waals surface area (Å²) in [6.45, 7) is 92.3. The largest absolute Gasteiger partial charge is 0.0625 e. The molecule has 0 bridgehead atoms. The van der Waals surface area contributed by atoms with Crippen molar-refractivity contribution in [2.24, 2.45) is 147 Å². The lowest BCUT2D eigenvalue weighted by Gasteiger charge is -2.40. The fourth-order valence-corrected chi connectivity index (χ4v) is 21.6. The van der Waals surface area contributed by atoms with E-state index in [-0.39, 0.29) is 39.3 Å². The SMILES string of the molecule is CC(C)(C)C1(C)CCCC1.CC(C)(C)C1CCCC1.CC(C)(C)C1CCCCC1.CC(C)(C)CC1CCCC1.CC(C)(C)CC1CCCCC1.CC1(C)CCC(C(C)(C)C)CC1.CC1CCC(C(C)(C)C)CC1.[2H]C([2H])(C1CCCC1)C(C)(C)C.[2H]C1(C(C)(C)C)CCC(C)(C)CC1.[2H]C1(C(C)(C)C)CCC(C)CC1.[2H]C1(C(C)(C)C)CCCCC1. The molecule has 11 rings (SSSR count). The van der Waals surface area contributed by atoms with Crippen LogP contribution in [0.4, 0.5) is 0 Å². The van der Waals surface area contributed by atoms with Crippen molar-refractivity contribution in [1.82, 2.24) is 0 Å². The maximum absolute atomic E-state index is 8.45. The number of hydrogen-bond acceptors (Lipinski definition) is 0. The lowest BCUT2D eigenvalue weighted by molar-refractivity contribution is 0.111. The summed E-state index contributed by atoms with van der Waals surface area (Å²) in [7, 11) is 0. The molecule has 696 valence electrons. The van der Waals surface area contributed by atoms with Gasteiger partial charge in [-0.15, -0.1) is 0 Å². The molecular weight excluding hydrogens is 1390 g/mol. The van der Waals surface area contributed by atoms with Gasteiger partial charge in [0.25, 0.3) is 0 Å². The van der Waals surface area contributed by atoms with E-state index in [1.165, 1.54) is 263 Å². The molecule has 0 nitrogen and oxygen atoms in total. The smallest absolute Gasteiger partial charge is 0.0308 e. The maximum atomic E-state index is 8.45. The summed E-state index contributed by atoms with van der Waals surface area (Å²) in [5.74, 6) is 7.75. The Kier molecular flexibility index (Phi) is 46.7. The first-order valence-corrected chi connectivity index (χ1v) is 52.0. The third-order valence-corrected chi connectivity index (χ3v) is 31.5. The van der Waals surface area contributed by atoms with Gasteiger partial charge in [-0.2, -0.15) is 0 Å². The highest BCUT2D eigenvalue weighted by atomic mass is 14.5. The quantitative estimate of drug-likeness (QED) is 0.264. The second kappa shape index (κ2) is 51.7. The minimum atomic E-state index is -0.983. The zero-order chi connectivity index (χ0) is 93.8. The molecule has 11 aliphatic rings. The fourth-order valence-electron chi connectivity index (χ4n) is 21.6. The van der Waals surface area contributed by atoms with Crippen LogP contribution in [0.1, 0.15) is 605 Å². The molecule has 0 unspecified atom stereocenters. The molecule has 116 heavy (non-hydrogen) atoms. The Hall–Kier alpha value is 0. The van der Waals surface area contributed by atoms with Gasteiger partial charge in [0.2, 0.25) is 0 Å². The summed E-state index contributed by atoms with van der Waals surface area (Å²) >= 11 is 0. The lowest BCUT2D eigenvalue weighted by atomic mass is 9.65. The topological polar surface area (TPSA) is 0 Å². The van der Waals surface area contributed by atoms with E-state index < -0.39 is 6.37 Å². The van der Waals surface area contributed by atoms with Crippen LogP contribution >= 0.6 is 0 Å². The van der Waals surface area contributed by atoms with Gasteiger partial charge < -0.3 is 0 Å². The first-order valence-electron chi connectivity index (χ1n) is 54.5. The molecule has 0 N–H and O–H groups in total. The van der Waals surface area contributed by atoms with E-state index in [4.69, 9.17) is 6.85 Å². The summed E-state index contributed by atoms with van der Waals surface area (Å²) in [6.07, 6.45) is 65.9. The highest BCUT2D eigenvalue weighted by molar-refractivity contribution is 4.91. The zero-order valence-electron chi connectivity index (χ0n) is 93.8. The average molecular weight is 1630 g/mol. The summed E-state index contributed by atoms with van der Waals surface area (Å²) in [6, 6.07) is 0. The normalized spacial score (nSPS) is 27.5. The predicted octanol–water partition coefficient (Wildman–Crippen LogP) is 41.5. The molecule has 0 aromatic rings. The first kappa shape index (κ1) is 105. The molecule has 0 aliphatic heterocycles. The van der Waals surface area contributed by atoms with Gasteiger partial charge in [-0.05, 0) is 294 Å². The highest BCUT2D eigenvalue weighted by Gasteiger charge is 2.40. The van der Waals surface area contributed by atoms with Crippen LogP contribution in [0.2, 0.25) is 0 Å². The van der Waals surface area contributed by atoms with Crippen molar-refractivity contribution < 1.29 is 6.85 Å². The van der Waals surface area contributed by atoms with Crippen LogP contribution in [0.3, 0.4) is 0 Å². The minimum absolute atomic E-state index is 0.134. The standard InChI is InChI=1S/2C12H24.3C11H22.5C10H20.C9H18/c2*1-11(2,3)10-6-8-12(4,5)9-7-10;2*1-9-5-7-10(8-6-9)11(2,3)4;1-11(2,3)9-10-7-5-4-6-8-10;1-9(2,3)10(4)7-5-6-8-10;2*1-10(2,3)8-9-6-4-5-7-9;2*1-10(2,3)9-7-5-4-6-8-9;1-9(2,3)8-6-4-5-7-8/h2*10H,6-9H2,1-5H3;2*9-10H,5-8H2,1-4H3;10H,4-9H2,1-3H3;5-8H2,1-4H3;4*9H,4-8H2,1-3H3;8H,4-7H2,1-3H3/i10D;;10D;;;;8D2;;9D;;. The van der Waals surface area contributed by atoms with Crippen LogP contribution in [-0.2, 0) is 0 Å². The van der Waals surface area contributed by atoms with Crippen molar-refractivity contribution >= 4 is 0 Å². The summed E-state index contributed by atoms with van der Waals surface area (Å²) in [4.78, 5) is 0. The molecule has 0 heteroatoms. The van der Waals surface area contributed by atoms with Gasteiger partial charge in [0.15, 0.2) is 0 Å². The van der Waals surface area contributed by atoms with E-state index in [2.05, 4.69) is 256 Å². The third kappa shape index (κ3) is 54.1. The van der Waals surface area contributed by atoms with Gasteiger partial charge in [-0.3, -0.25) is 0 Å². The van der Waals surface area contributed by atoms with E-state index >= 15 is 0 Å². The van der Waals surface area contributed by atoms with Crippen molar-refractivity contribution in [2.75, 3.05) is 0 Å². The van der Waals surface area contributed by atoms with Crippen LogP contribution < -0.4 is 0 Å². The summed E-state index contributed by atoms with van der Waals surface area (Å²) in [5.41, 5.74) is 5.89. The molecule has 0 aromatic heterocycles. The van der Waals surface area contributed by atoms with Crippen molar-refractivity contribution in [3.63, 3.8) is 0 Å². The van der Waals surface area contributed by atoms with E-state index in [0.717, 1.165) is 98.7 Å². The van der Waals surface area contributed by atoms with Gasteiger partial charge >= 0.3 is 0 Å². The third-order valence-electron chi connectivity index (χ3n) is 31.5. The lowest BCUT2D eigenvalue weighted by Crippen LogP contribution is -2.29. The second-order valence-corrected chi connectivity index (χ2v) is 55.7. The Labute approximate surface area is 747 Å². The van der Waals surface area contributed by atoms with Crippen molar-refractivity contribution in [3.05, 3.63) is 0 Å². The molecule has 11 fully saturated rings. The van der Waals surface area contributed by atoms with Crippen LogP contribution in [0.25, 0.3) is 0 Å². The van der Waals surface area contributed by atoms with Crippen LogP contribution in [-0.4, -0.2) is 0 Å². The Morgan fingerprint density at radius 1 is 0.224 bits per heavy atom. The van der Waals surface area contributed by atoms with E-state index in [1.807, 2.05) is 20.8 Å². The van der Waals surface area contributed by atoms with Crippen LogP contribution in [0.15, 0.2) is 0 Å². The molecule has 0 aromatic carbocycles. The van der Waals surface area contributed by atoms with Gasteiger partial charge in [0, 0.05) is 6.85 Å². The summed E-state index contributed by atoms with van der Waals surface area (Å²) < 4.78 is 41.2. The Balaban J connectivity index is 0.000000666. The molecule has 11 aliphatic carbocycles. The molecule has 0 heterocycles. The average Bonchev–Trinajstić information content (AvgIpc) is 1.62. The van der Waals surface area contributed by atoms with Gasteiger partial charge in [-0.25, -0.2) is 0 Å². The van der Waals surface area contributed by atoms with Crippen molar-refractivity contribution in [3.8, 4) is 0 Å². The summed E-state index contributed by atoms with van der Waals surface area (Å²) in [5, 5.41) is 0. The maximum Gasteiger partial charge on any atom is 0.0308 e. The zero-order valence-corrected chi connectivity index (χ0v) is 88.8. The molecule has 11 saturated carbocycles. The molecule has 0 amide bonds. The van der Waals surface area contributed by atoms with Crippen LogP contribution in [0, 0.1) is 147 Å². The monoisotopic (exact) mass is 1630 g/mol. The molecule has 0 atom stereocenters. The number of rotatable bonds is 3. The van der Waals surface area contributed by atoms with Gasteiger partial charge in [-0.1, -0.05) is 450 Å². The molecule has 0 saturated heterocycles. The molecule has 0 spiro atoms. The van der Waals surface area contributed by atoms with Crippen LogP contribution in [0.5, 0.6) is 0 Å². The van der Waals surface area contributed by atoms with E-state index in [9.17, 15) is 0 Å². The molecular formula is C116H232. The highest BCUT2D eigenvalue weighted by Crippen LogP contribution is 2.52. The van der Waals surface area contributed by atoms with E-state index in [0.29, 0.717) is 60.1 Å². The van der Waals surface area contributed by atoms with Gasteiger partial charge in [0.05, 0.1) is 0 Å². The predicted molar refractivity (Wildman–Crippen MR) is 534 cm³/mol. The molecule has 0 radical (unpaired) electrons.